The SMILES string of the molecule is O=C(NCCNC(=O)c1ncccc1O)NCc1ccccc1Cl. The quantitative estimate of drug-likeness (QED) is 0.596. The number of aromatic nitrogens is 1. The van der Waals surface area contributed by atoms with Gasteiger partial charge in [0, 0.05) is 30.9 Å². The molecule has 2 rings (SSSR count). The second kappa shape index (κ2) is 8.73. The number of urea groups is 1. The summed E-state index contributed by atoms with van der Waals surface area (Å²) in [4.78, 5) is 27.2. The van der Waals surface area contributed by atoms with Gasteiger partial charge in [0.1, 0.15) is 5.75 Å². The number of halogens is 1. The van der Waals surface area contributed by atoms with Crippen molar-refractivity contribution in [1.82, 2.24) is 20.9 Å². The Kier molecular flexibility index (Phi) is 6.39. The Labute approximate surface area is 144 Å². The standard InChI is InChI=1S/C16H17ClN4O3/c17-12-5-2-1-4-11(12)10-21-16(24)20-9-8-19-15(23)14-13(22)6-3-7-18-14/h1-7,22H,8-10H2,(H,19,23)(H2,20,21,24). The van der Waals surface area contributed by atoms with Gasteiger partial charge in [0.05, 0.1) is 0 Å². The van der Waals surface area contributed by atoms with Gasteiger partial charge in [-0.3, -0.25) is 4.79 Å². The van der Waals surface area contributed by atoms with E-state index in [9.17, 15) is 14.7 Å². The number of hydrogen-bond donors (Lipinski definition) is 4. The molecule has 0 radical (unpaired) electrons. The van der Waals surface area contributed by atoms with Crippen molar-refractivity contribution in [3.63, 3.8) is 0 Å². The number of pyridine rings is 1. The number of carbonyl (C=O) groups excluding carboxylic acids is 2. The number of rotatable bonds is 6. The van der Waals surface area contributed by atoms with E-state index in [1.54, 1.807) is 6.07 Å². The second-order valence-electron chi connectivity index (χ2n) is 4.83. The summed E-state index contributed by atoms with van der Waals surface area (Å²) in [5.74, 6) is -0.702. The van der Waals surface area contributed by atoms with Crippen LogP contribution >= 0.6 is 11.6 Å². The van der Waals surface area contributed by atoms with Gasteiger partial charge in [0.15, 0.2) is 5.69 Å². The fourth-order valence-corrected chi connectivity index (χ4v) is 2.09. The molecule has 24 heavy (non-hydrogen) atoms. The van der Waals surface area contributed by atoms with Crippen LogP contribution in [-0.2, 0) is 6.54 Å². The number of carbonyl (C=O) groups is 2. The molecule has 2 aromatic rings. The van der Waals surface area contributed by atoms with Crippen molar-refractivity contribution in [2.75, 3.05) is 13.1 Å². The molecule has 1 aromatic carbocycles. The Morgan fingerprint density at radius 2 is 1.79 bits per heavy atom. The summed E-state index contributed by atoms with van der Waals surface area (Å²) in [7, 11) is 0. The number of hydrogen-bond acceptors (Lipinski definition) is 4. The molecule has 0 bridgehead atoms. The van der Waals surface area contributed by atoms with E-state index in [4.69, 9.17) is 11.6 Å². The van der Waals surface area contributed by atoms with Crippen molar-refractivity contribution in [3.8, 4) is 5.75 Å². The van der Waals surface area contributed by atoms with Crippen LogP contribution in [0, 0.1) is 0 Å². The van der Waals surface area contributed by atoms with Gasteiger partial charge in [-0.05, 0) is 23.8 Å². The summed E-state index contributed by atoms with van der Waals surface area (Å²) in [5.41, 5.74) is 0.758. The zero-order valence-corrected chi connectivity index (χ0v) is 13.5. The van der Waals surface area contributed by atoms with Crippen LogP contribution in [-0.4, -0.2) is 35.1 Å². The molecule has 0 aliphatic rings. The zero-order valence-electron chi connectivity index (χ0n) is 12.8. The average molecular weight is 349 g/mol. The minimum Gasteiger partial charge on any atom is -0.505 e. The third kappa shape index (κ3) is 5.13. The monoisotopic (exact) mass is 348 g/mol. The Morgan fingerprint density at radius 1 is 1.04 bits per heavy atom. The molecule has 0 spiro atoms. The predicted octanol–water partition coefficient (Wildman–Crippen LogP) is 1.67. The van der Waals surface area contributed by atoms with Crippen molar-refractivity contribution < 1.29 is 14.7 Å². The first-order chi connectivity index (χ1) is 11.6. The molecule has 0 aliphatic heterocycles. The predicted molar refractivity (Wildman–Crippen MR) is 89.9 cm³/mol. The molecule has 7 nitrogen and oxygen atoms in total. The van der Waals surface area contributed by atoms with E-state index in [1.807, 2.05) is 18.2 Å². The smallest absolute Gasteiger partial charge is 0.315 e. The fraction of sp³-hybridized carbons (Fsp3) is 0.188. The highest BCUT2D eigenvalue weighted by molar-refractivity contribution is 6.31. The molecule has 0 aliphatic carbocycles. The first-order valence-electron chi connectivity index (χ1n) is 7.25. The van der Waals surface area contributed by atoms with Crippen LogP contribution in [0.1, 0.15) is 16.1 Å². The largest absolute Gasteiger partial charge is 0.505 e. The normalized spacial score (nSPS) is 10.0. The van der Waals surface area contributed by atoms with Gasteiger partial charge in [-0.15, -0.1) is 0 Å². The number of nitrogens with zero attached hydrogens (tertiary/aromatic N) is 1. The summed E-state index contributed by atoms with van der Waals surface area (Å²) < 4.78 is 0. The van der Waals surface area contributed by atoms with E-state index in [0.717, 1.165) is 5.56 Å². The summed E-state index contributed by atoms with van der Waals surface area (Å²) in [5, 5.41) is 17.9. The fourth-order valence-electron chi connectivity index (χ4n) is 1.89. The van der Waals surface area contributed by atoms with Gasteiger partial charge in [0.2, 0.25) is 0 Å². The van der Waals surface area contributed by atoms with E-state index in [2.05, 4.69) is 20.9 Å². The van der Waals surface area contributed by atoms with Gasteiger partial charge in [-0.1, -0.05) is 29.8 Å². The summed E-state index contributed by atoms with van der Waals surface area (Å²) in [6.45, 7) is 0.738. The van der Waals surface area contributed by atoms with E-state index < -0.39 is 5.91 Å². The lowest BCUT2D eigenvalue weighted by molar-refractivity contribution is 0.0946. The molecule has 3 amide bonds. The number of nitrogens with one attached hydrogen (secondary N) is 3. The van der Waals surface area contributed by atoms with Gasteiger partial charge in [-0.2, -0.15) is 0 Å². The first kappa shape index (κ1) is 17.6. The highest BCUT2D eigenvalue weighted by atomic mass is 35.5. The van der Waals surface area contributed by atoms with Crippen molar-refractivity contribution in [1.29, 1.82) is 0 Å². The van der Waals surface area contributed by atoms with Crippen LogP contribution in [0.2, 0.25) is 5.02 Å². The Balaban J connectivity index is 1.67. The number of aromatic hydroxyl groups is 1. The minimum atomic E-state index is -0.508. The van der Waals surface area contributed by atoms with E-state index in [-0.39, 0.29) is 30.6 Å². The lowest BCUT2D eigenvalue weighted by Gasteiger charge is -2.09. The van der Waals surface area contributed by atoms with Gasteiger partial charge < -0.3 is 21.1 Å². The molecule has 0 atom stereocenters. The molecular formula is C16H17ClN4O3. The van der Waals surface area contributed by atoms with Gasteiger partial charge in [-0.25, -0.2) is 9.78 Å². The van der Waals surface area contributed by atoms with Crippen LogP contribution in [0.15, 0.2) is 42.6 Å². The number of benzene rings is 1. The van der Waals surface area contributed by atoms with Crippen molar-refractivity contribution in [3.05, 3.63) is 58.9 Å². The molecule has 1 aromatic heterocycles. The Morgan fingerprint density at radius 3 is 2.54 bits per heavy atom. The molecule has 0 saturated heterocycles. The maximum Gasteiger partial charge on any atom is 0.315 e. The molecule has 0 unspecified atom stereocenters. The minimum absolute atomic E-state index is 0.0549. The van der Waals surface area contributed by atoms with Crippen LogP contribution in [0.3, 0.4) is 0 Å². The Bertz CT molecular complexity index is 724. The van der Waals surface area contributed by atoms with E-state index in [0.29, 0.717) is 11.6 Å². The topological polar surface area (TPSA) is 103 Å². The summed E-state index contributed by atoms with van der Waals surface area (Å²) >= 11 is 5.99. The molecule has 8 heteroatoms. The molecule has 4 N–H and O–H groups in total. The maximum absolute atomic E-state index is 11.8. The molecule has 1 heterocycles. The molecular weight excluding hydrogens is 332 g/mol. The molecule has 0 fully saturated rings. The third-order valence-electron chi connectivity index (χ3n) is 3.09. The van der Waals surface area contributed by atoms with E-state index >= 15 is 0 Å². The van der Waals surface area contributed by atoms with Crippen LogP contribution < -0.4 is 16.0 Å². The maximum atomic E-state index is 11.8. The lowest BCUT2D eigenvalue weighted by Crippen LogP contribution is -2.40. The van der Waals surface area contributed by atoms with Crippen molar-refractivity contribution in [2.24, 2.45) is 0 Å². The van der Waals surface area contributed by atoms with Gasteiger partial charge in [0.25, 0.3) is 5.91 Å². The van der Waals surface area contributed by atoms with Crippen LogP contribution in [0.4, 0.5) is 4.79 Å². The molecule has 126 valence electrons. The van der Waals surface area contributed by atoms with Gasteiger partial charge >= 0.3 is 6.03 Å². The highest BCUT2D eigenvalue weighted by Crippen LogP contribution is 2.14. The van der Waals surface area contributed by atoms with Crippen molar-refractivity contribution >= 4 is 23.5 Å². The highest BCUT2D eigenvalue weighted by Gasteiger charge is 2.11. The average Bonchev–Trinajstić information content (AvgIpc) is 2.58. The second-order valence-corrected chi connectivity index (χ2v) is 5.24. The lowest BCUT2D eigenvalue weighted by atomic mass is 10.2. The first-order valence-corrected chi connectivity index (χ1v) is 7.63. The summed E-state index contributed by atoms with van der Waals surface area (Å²) in [6, 6.07) is 9.75. The van der Waals surface area contributed by atoms with Crippen molar-refractivity contribution in [2.45, 2.75) is 6.54 Å². The third-order valence-corrected chi connectivity index (χ3v) is 3.46. The summed E-state index contributed by atoms with van der Waals surface area (Å²) in [6.07, 6.45) is 1.41. The Hall–Kier alpha value is -2.80. The van der Waals surface area contributed by atoms with Crippen LogP contribution in [0.25, 0.3) is 0 Å². The zero-order chi connectivity index (χ0) is 17.4. The number of amides is 3. The van der Waals surface area contributed by atoms with Crippen LogP contribution in [0.5, 0.6) is 5.75 Å². The molecule has 0 saturated carbocycles. The van der Waals surface area contributed by atoms with E-state index in [1.165, 1.54) is 18.3 Å².